The van der Waals surface area contributed by atoms with E-state index in [0.29, 0.717) is 32.2 Å². The van der Waals surface area contributed by atoms with Gasteiger partial charge >= 0.3 is 6.18 Å². The highest BCUT2D eigenvalue weighted by atomic mass is 19.4. The zero-order chi connectivity index (χ0) is 20.2. The topological polar surface area (TPSA) is 74.7 Å². The van der Waals surface area contributed by atoms with Crippen molar-refractivity contribution in [2.45, 2.75) is 32.6 Å². The van der Waals surface area contributed by atoms with E-state index in [0.717, 1.165) is 10.6 Å². The van der Waals surface area contributed by atoms with Crippen LogP contribution in [0.3, 0.4) is 0 Å². The number of pyridine rings is 1. The standard InChI is InChI=1S/C17H23F3N4O3/c1-12(2)21-14(25)10-22-6-8-23(9-7-22)15(26)11-24-5-3-4-13(16(24)27)17(18,19)20/h3-5,12H,6-11H2,1-2H3,(H,21,25). The molecule has 1 aliphatic heterocycles. The second kappa shape index (κ2) is 8.55. The normalized spacial score (nSPS) is 15.9. The van der Waals surface area contributed by atoms with Crippen LogP contribution in [0.25, 0.3) is 0 Å². The summed E-state index contributed by atoms with van der Waals surface area (Å²) in [6, 6.07) is 1.85. The molecule has 0 spiro atoms. The summed E-state index contributed by atoms with van der Waals surface area (Å²) in [4.78, 5) is 39.4. The van der Waals surface area contributed by atoms with Crippen LogP contribution in [0, 0.1) is 0 Å². The van der Waals surface area contributed by atoms with E-state index in [2.05, 4.69) is 5.32 Å². The molecule has 2 amide bonds. The summed E-state index contributed by atoms with van der Waals surface area (Å²) in [5, 5.41) is 2.79. The lowest BCUT2D eigenvalue weighted by molar-refractivity contribution is -0.140. The van der Waals surface area contributed by atoms with E-state index in [1.807, 2.05) is 18.7 Å². The van der Waals surface area contributed by atoms with Gasteiger partial charge < -0.3 is 14.8 Å². The van der Waals surface area contributed by atoms with Crippen LogP contribution >= 0.6 is 0 Å². The first kappa shape index (κ1) is 20.9. The van der Waals surface area contributed by atoms with Crippen molar-refractivity contribution in [3.05, 3.63) is 34.2 Å². The Morgan fingerprint density at radius 2 is 1.78 bits per heavy atom. The molecule has 2 heterocycles. The molecule has 0 radical (unpaired) electrons. The molecular formula is C17H23F3N4O3. The largest absolute Gasteiger partial charge is 0.421 e. The average molecular weight is 388 g/mol. The number of halogens is 3. The fourth-order valence-electron chi connectivity index (χ4n) is 2.85. The molecule has 0 aliphatic carbocycles. The Hall–Kier alpha value is -2.36. The summed E-state index contributed by atoms with van der Waals surface area (Å²) < 4.78 is 39.2. The molecule has 1 aliphatic rings. The van der Waals surface area contributed by atoms with Gasteiger partial charge in [-0.25, -0.2) is 0 Å². The van der Waals surface area contributed by atoms with Crippen LogP contribution in [-0.4, -0.2) is 64.9 Å². The van der Waals surface area contributed by atoms with Gasteiger partial charge in [-0.3, -0.25) is 19.3 Å². The monoisotopic (exact) mass is 388 g/mol. The van der Waals surface area contributed by atoms with Gasteiger partial charge in [-0.2, -0.15) is 13.2 Å². The van der Waals surface area contributed by atoms with Gasteiger partial charge in [0, 0.05) is 38.4 Å². The summed E-state index contributed by atoms with van der Waals surface area (Å²) in [7, 11) is 0. The van der Waals surface area contributed by atoms with Crippen molar-refractivity contribution in [2.75, 3.05) is 32.7 Å². The number of aromatic nitrogens is 1. The SMILES string of the molecule is CC(C)NC(=O)CN1CCN(C(=O)Cn2cccc(C(F)(F)F)c2=O)CC1. The van der Waals surface area contributed by atoms with E-state index in [1.54, 1.807) is 0 Å². The lowest BCUT2D eigenvalue weighted by Crippen LogP contribution is -2.52. The Morgan fingerprint density at radius 3 is 2.33 bits per heavy atom. The zero-order valence-corrected chi connectivity index (χ0v) is 15.3. The van der Waals surface area contributed by atoms with Crippen LogP contribution in [0.15, 0.2) is 23.1 Å². The second-order valence-electron chi connectivity index (χ2n) is 6.73. The second-order valence-corrected chi connectivity index (χ2v) is 6.73. The van der Waals surface area contributed by atoms with Crippen LogP contribution in [0.4, 0.5) is 13.2 Å². The third kappa shape index (κ3) is 5.81. The molecule has 0 bridgehead atoms. The maximum absolute atomic E-state index is 12.8. The first-order valence-corrected chi connectivity index (χ1v) is 8.64. The number of piperazine rings is 1. The number of amides is 2. The van der Waals surface area contributed by atoms with Gasteiger partial charge in [-0.05, 0) is 26.0 Å². The van der Waals surface area contributed by atoms with E-state index in [4.69, 9.17) is 0 Å². The predicted octanol–water partition coefficient (Wildman–Crippen LogP) is 0.536. The Morgan fingerprint density at radius 1 is 1.15 bits per heavy atom. The number of alkyl halides is 3. The van der Waals surface area contributed by atoms with E-state index in [-0.39, 0.29) is 18.5 Å². The number of hydrogen-bond donors (Lipinski definition) is 1. The summed E-state index contributed by atoms with van der Waals surface area (Å²) in [5.74, 6) is -0.525. The molecule has 0 saturated carbocycles. The quantitative estimate of drug-likeness (QED) is 0.799. The summed E-state index contributed by atoms with van der Waals surface area (Å²) in [6.07, 6.45) is -3.59. The van der Waals surface area contributed by atoms with Crippen molar-refractivity contribution in [3.8, 4) is 0 Å². The summed E-state index contributed by atoms with van der Waals surface area (Å²) >= 11 is 0. The molecule has 0 unspecified atom stereocenters. The molecule has 1 N–H and O–H groups in total. The van der Waals surface area contributed by atoms with Crippen LogP contribution in [-0.2, 0) is 22.3 Å². The van der Waals surface area contributed by atoms with E-state index < -0.39 is 29.8 Å². The van der Waals surface area contributed by atoms with Crippen LogP contribution in [0.5, 0.6) is 0 Å². The van der Waals surface area contributed by atoms with Crippen LogP contribution < -0.4 is 10.9 Å². The van der Waals surface area contributed by atoms with Crippen molar-refractivity contribution in [2.24, 2.45) is 0 Å². The Bertz CT molecular complexity index is 738. The number of nitrogens with zero attached hydrogens (tertiary/aromatic N) is 3. The lowest BCUT2D eigenvalue weighted by atomic mass is 10.2. The highest BCUT2D eigenvalue weighted by Crippen LogP contribution is 2.25. The fraction of sp³-hybridized carbons (Fsp3) is 0.588. The van der Waals surface area contributed by atoms with Gasteiger partial charge in [-0.15, -0.1) is 0 Å². The predicted molar refractivity (Wildman–Crippen MR) is 92.0 cm³/mol. The van der Waals surface area contributed by atoms with Crippen LogP contribution in [0.1, 0.15) is 19.4 Å². The minimum absolute atomic E-state index is 0.0474. The molecule has 1 saturated heterocycles. The summed E-state index contributed by atoms with van der Waals surface area (Å²) in [6.45, 7) is 5.17. The minimum Gasteiger partial charge on any atom is -0.353 e. The van der Waals surface area contributed by atoms with Crippen molar-refractivity contribution < 1.29 is 22.8 Å². The molecule has 1 fully saturated rings. The fourth-order valence-corrected chi connectivity index (χ4v) is 2.85. The van der Waals surface area contributed by atoms with Gasteiger partial charge in [-0.1, -0.05) is 0 Å². The number of nitrogens with one attached hydrogen (secondary N) is 1. The van der Waals surface area contributed by atoms with Crippen LogP contribution in [0.2, 0.25) is 0 Å². The highest BCUT2D eigenvalue weighted by Gasteiger charge is 2.34. The van der Waals surface area contributed by atoms with Gasteiger partial charge in [0.15, 0.2) is 0 Å². The Balaban J connectivity index is 1.92. The number of carbonyl (C=O) groups is 2. The molecule has 1 aromatic rings. The molecule has 0 aromatic carbocycles. The van der Waals surface area contributed by atoms with Gasteiger partial charge in [0.1, 0.15) is 12.1 Å². The van der Waals surface area contributed by atoms with Gasteiger partial charge in [0.05, 0.1) is 6.54 Å². The van der Waals surface area contributed by atoms with E-state index in [1.165, 1.54) is 11.1 Å². The lowest BCUT2D eigenvalue weighted by Gasteiger charge is -2.34. The maximum Gasteiger partial charge on any atom is 0.421 e. The third-order valence-corrected chi connectivity index (χ3v) is 4.17. The Kier molecular flexibility index (Phi) is 6.63. The maximum atomic E-state index is 12.8. The van der Waals surface area contributed by atoms with E-state index in [9.17, 15) is 27.6 Å². The molecule has 0 atom stereocenters. The third-order valence-electron chi connectivity index (χ3n) is 4.17. The molecule has 10 heteroatoms. The number of hydrogen-bond acceptors (Lipinski definition) is 4. The van der Waals surface area contributed by atoms with Gasteiger partial charge in [0.2, 0.25) is 11.8 Å². The molecule has 2 rings (SSSR count). The molecular weight excluding hydrogens is 365 g/mol. The molecule has 1 aromatic heterocycles. The van der Waals surface area contributed by atoms with Crippen molar-refractivity contribution in [1.82, 2.24) is 19.7 Å². The van der Waals surface area contributed by atoms with Crippen molar-refractivity contribution >= 4 is 11.8 Å². The Labute approximate surface area is 154 Å². The zero-order valence-electron chi connectivity index (χ0n) is 15.3. The average Bonchev–Trinajstić information content (AvgIpc) is 2.55. The molecule has 150 valence electrons. The number of carbonyl (C=O) groups excluding carboxylic acids is 2. The summed E-state index contributed by atoms with van der Waals surface area (Å²) in [5.41, 5.74) is -2.53. The molecule has 7 nitrogen and oxygen atoms in total. The van der Waals surface area contributed by atoms with Crippen molar-refractivity contribution in [1.29, 1.82) is 0 Å². The highest BCUT2D eigenvalue weighted by molar-refractivity contribution is 5.78. The first-order chi connectivity index (χ1) is 12.6. The molecule has 27 heavy (non-hydrogen) atoms. The smallest absolute Gasteiger partial charge is 0.353 e. The minimum atomic E-state index is -4.76. The first-order valence-electron chi connectivity index (χ1n) is 8.64. The van der Waals surface area contributed by atoms with E-state index >= 15 is 0 Å². The van der Waals surface area contributed by atoms with Gasteiger partial charge in [0.25, 0.3) is 5.56 Å². The number of rotatable bonds is 5. The van der Waals surface area contributed by atoms with Crippen molar-refractivity contribution in [3.63, 3.8) is 0 Å².